The summed E-state index contributed by atoms with van der Waals surface area (Å²) in [5.41, 5.74) is 7.39. The van der Waals surface area contributed by atoms with Gasteiger partial charge in [-0.1, -0.05) is 121 Å². The monoisotopic (exact) mass is 610 g/mol. The van der Waals surface area contributed by atoms with Crippen LogP contribution in [-0.4, -0.2) is 0 Å². The van der Waals surface area contributed by atoms with Gasteiger partial charge in [-0.15, -0.1) is 0 Å². The van der Waals surface area contributed by atoms with Crippen LogP contribution in [0, 0.1) is 0 Å². The number of hydrogen-bond donors (Lipinski definition) is 0. The van der Waals surface area contributed by atoms with E-state index in [1.54, 1.807) is 0 Å². The van der Waals surface area contributed by atoms with Crippen molar-refractivity contribution in [3.8, 4) is 0 Å². The van der Waals surface area contributed by atoms with Crippen molar-refractivity contribution in [2.45, 2.75) is 0 Å². The van der Waals surface area contributed by atoms with E-state index < -0.39 is 0 Å². The molecule has 2 heteroatoms. The van der Waals surface area contributed by atoms with Crippen molar-refractivity contribution in [2.75, 3.05) is 0 Å². The Kier molecular flexibility index (Phi) is 7.18. The second-order valence-corrected chi connectivity index (χ2v) is 9.00. The Morgan fingerprint density at radius 2 is 0.567 bits per heavy atom. The normalized spacial score (nSPS) is 12.7. The zero-order valence-corrected chi connectivity index (χ0v) is 20.6. The summed E-state index contributed by atoms with van der Waals surface area (Å²) in [6.07, 6.45) is 0. The first-order valence-electron chi connectivity index (χ1n) is 9.77. The molecule has 0 saturated carbocycles. The first kappa shape index (κ1) is 21.1. The predicted octanol–water partition coefficient (Wildman–Crippen LogP) is 8.99. The molecule has 0 amide bonds. The lowest BCUT2D eigenvalue weighted by Crippen LogP contribution is -1.96. The van der Waals surface area contributed by atoms with Crippen LogP contribution in [0.3, 0.4) is 0 Å². The van der Waals surface area contributed by atoms with Crippen molar-refractivity contribution in [1.82, 2.24) is 0 Å². The van der Waals surface area contributed by atoms with Crippen molar-refractivity contribution >= 4 is 63.5 Å². The molecule has 0 nitrogen and oxygen atoms in total. The number of hydrogen-bond acceptors (Lipinski definition) is 0. The predicted molar refractivity (Wildman–Crippen MR) is 147 cm³/mol. The van der Waals surface area contributed by atoms with Crippen molar-refractivity contribution in [1.29, 1.82) is 0 Å². The zero-order chi connectivity index (χ0) is 20.8. The summed E-state index contributed by atoms with van der Waals surface area (Å²) in [5.74, 6) is 0. The number of benzene rings is 4. The molecule has 0 fully saturated rings. The summed E-state index contributed by atoms with van der Waals surface area (Å²) < 4.78 is 2.48. The van der Waals surface area contributed by atoms with Crippen molar-refractivity contribution in [2.24, 2.45) is 0 Å². The van der Waals surface area contributed by atoms with E-state index in [0.29, 0.717) is 0 Å². The molecule has 0 unspecified atom stereocenters. The Labute approximate surface area is 205 Å². The summed E-state index contributed by atoms with van der Waals surface area (Å²) in [6, 6.07) is 42.7. The fourth-order valence-electron chi connectivity index (χ4n) is 3.43. The fourth-order valence-corrected chi connectivity index (χ4v) is 5.31. The average molecular weight is 610 g/mol. The summed E-state index contributed by atoms with van der Waals surface area (Å²) >= 11 is 5.02. The molecular weight excluding hydrogens is 590 g/mol. The number of rotatable bonds is 5. The van der Waals surface area contributed by atoms with Crippen LogP contribution >= 0.6 is 45.2 Å². The highest BCUT2D eigenvalue weighted by Crippen LogP contribution is 2.45. The number of allylic oxidation sites excluding steroid dienone is 2. The molecule has 0 aliphatic carbocycles. The second kappa shape index (κ2) is 10.2. The van der Waals surface area contributed by atoms with Gasteiger partial charge in [0.05, 0.1) is 0 Å². The largest absolute Gasteiger partial charge is 0.0622 e. The minimum absolute atomic E-state index is 1.22. The highest BCUT2D eigenvalue weighted by molar-refractivity contribution is 14.1. The lowest BCUT2D eigenvalue weighted by atomic mass is 9.89. The molecule has 0 atom stereocenters. The van der Waals surface area contributed by atoms with Crippen LogP contribution in [0.5, 0.6) is 0 Å². The smallest absolute Gasteiger partial charge is 0.0287 e. The van der Waals surface area contributed by atoms with E-state index in [2.05, 4.69) is 167 Å². The lowest BCUT2D eigenvalue weighted by molar-refractivity contribution is 1.58. The van der Waals surface area contributed by atoms with Gasteiger partial charge in [0.1, 0.15) is 0 Å². The van der Waals surface area contributed by atoms with Gasteiger partial charge in [0.25, 0.3) is 0 Å². The molecule has 0 bridgehead atoms. The highest BCUT2D eigenvalue weighted by atomic mass is 127. The van der Waals surface area contributed by atoms with Gasteiger partial charge < -0.3 is 0 Å². The second-order valence-electron chi connectivity index (χ2n) is 6.84. The van der Waals surface area contributed by atoms with Crippen LogP contribution in [0.4, 0.5) is 0 Å². The molecule has 0 saturated heterocycles. The van der Waals surface area contributed by atoms with Gasteiger partial charge in [-0.25, -0.2) is 0 Å². The topological polar surface area (TPSA) is 0 Å². The van der Waals surface area contributed by atoms with E-state index in [1.807, 2.05) is 0 Å². The van der Waals surface area contributed by atoms with Crippen LogP contribution in [0.1, 0.15) is 22.3 Å². The molecule has 0 spiro atoms. The highest BCUT2D eigenvalue weighted by Gasteiger charge is 2.19. The van der Waals surface area contributed by atoms with Gasteiger partial charge in [0.2, 0.25) is 0 Å². The van der Waals surface area contributed by atoms with Gasteiger partial charge in [-0.2, -0.15) is 0 Å². The summed E-state index contributed by atoms with van der Waals surface area (Å²) in [6.45, 7) is 0. The van der Waals surface area contributed by atoms with Crippen LogP contribution in [0.25, 0.3) is 18.3 Å². The van der Waals surface area contributed by atoms with E-state index in [0.717, 1.165) is 0 Å². The summed E-state index contributed by atoms with van der Waals surface area (Å²) in [4.78, 5) is 0. The van der Waals surface area contributed by atoms with Crippen LogP contribution in [0.15, 0.2) is 121 Å². The van der Waals surface area contributed by atoms with Gasteiger partial charge in [-0.3, -0.25) is 0 Å². The molecule has 4 aromatic carbocycles. The maximum Gasteiger partial charge on any atom is 0.0287 e. The van der Waals surface area contributed by atoms with Gasteiger partial charge >= 0.3 is 0 Å². The van der Waals surface area contributed by atoms with Crippen LogP contribution in [-0.2, 0) is 0 Å². The third-order valence-electron chi connectivity index (χ3n) is 4.87. The minimum Gasteiger partial charge on any atom is -0.0622 e. The quantitative estimate of drug-likeness (QED) is 0.120. The van der Waals surface area contributed by atoms with E-state index in [4.69, 9.17) is 0 Å². The fraction of sp³-hybridized carbons (Fsp3) is 0. The maximum atomic E-state index is 2.51. The molecule has 0 N–H and O–H groups in total. The summed E-state index contributed by atoms with van der Waals surface area (Å²) in [7, 11) is 0. The van der Waals surface area contributed by atoms with Gasteiger partial charge in [-0.05, 0) is 67.4 Å². The molecule has 0 radical (unpaired) electrons. The Morgan fingerprint density at radius 3 is 0.833 bits per heavy atom. The Bertz CT molecular complexity index is 1060. The van der Waals surface area contributed by atoms with E-state index in [9.17, 15) is 0 Å². The van der Waals surface area contributed by atoms with Gasteiger partial charge in [0.15, 0.2) is 0 Å². The first-order valence-corrected chi connectivity index (χ1v) is 11.9. The third kappa shape index (κ3) is 4.76. The molecular formula is C28H20I2. The minimum atomic E-state index is 1.22. The van der Waals surface area contributed by atoms with E-state index in [1.165, 1.54) is 40.6 Å². The average Bonchev–Trinajstić information content (AvgIpc) is 2.84. The van der Waals surface area contributed by atoms with Crippen molar-refractivity contribution in [3.05, 3.63) is 144 Å². The third-order valence-corrected chi connectivity index (χ3v) is 7.19. The van der Waals surface area contributed by atoms with Crippen LogP contribution < -0.4 is 0 Å². The lowest BCUT2D eigenvalue weighted by Gasteiger charge is -2.19. The molecule has 30 heavy (non-hydrogen) atoms. The molecule has 0 heterocycles. The van der Waals surface area contributed by atoms with Crippen molar-refractivity contribution < 1.29 is 0 Å². The zero-order valence-electron chi connectivity index (χ0n) is 16.3. The molecule has 146 valence electrons. The Morgan fingerprint density at radius 1 is 0.333 bits per heavy atom. The summed E-state index contributed by atoms with van der Waals surface area (Å²) in [5, 5.41) is 0. The van der Waals surface area contributed by atoms with Crippen LogP contribution in [0.2, 0.25) is 0 Å². The molecule has 0 aliphatic heterocycles. The SMILES string of the molecule is I/C(=C(\C(=C(/I)c1ccccc1)c1ccccc1)c1ccccc1)c1ccccc1. The first-order chi connectivity index (χ1) is 14.8. The van der Waals surface area contributed by atoms with E-state index >= 15 is 0 Å². The Balaban J connectivity index is 2.07. The maximum absolute atomic E-state index is 2.51. The molecule has 4 aromatic rings. The van der Waals surface area contributed by atoms with E-state index in [-0.39, 0.29) is 0 Å². The molecule has 0 aromatic heterocycles. The number of halogens is 2. The van der Waals surface area contributed by atoms with Gasteiger partial charge in [0, 0.05) is 18.3 Å². The molecule has 0 aliphatic rings. The van der Waals surface area contributed by atoms with Crippen molar-refractivity contribution in [3.63, 3.8) is 0 Å². The standard InChI is InChI=1S/C28H20I2/c29-27(23-17-9-3-10-18-23)25(21-13-5-1-6-14-21)26(22-15-7-2-8-16-22)28(30)24-19-11-4-12-20-24/h1-20H/b27-25-,28-26-. The molecule has 4 rings (SSSR count). The Hall–Kier alpha value is -2.18.